The molecule has 0 aliphatic carbocycles. The van der Waals surface area contributed by atoms with Gasteiger partial charge in [-0.2, -0.15) is 0 Å². The molecule has 0 aliphatic heterocycles. The molecule has 0 nitrogen and oxygen atoms in total. The maximum absolute atomic E-state index is 6.27. The molecule has 0 fully saturated rings. The van der Waals surface area contributed by atoms with Gasteiger partial charge in [-0.25, -0.2) is 0 Å². The predicted octanol–water partition coefficient (Wildman–Crippen LogP) is 4.54. The van der Waals surface area contributed by atoms with E-state index < -0.39 is 0 Å². The van der Waals surface area contributed by atoms with Gasteiger partial charge in [0.2, 0.25) is 0 Å². The second-order valence-electron chi connectivity index (χ2n) is 3.73. The number of hydrogen-bond donors (Lipinski definition) is 0. The maximum Gasteiger partial charge on any atom is 0.0406 e. The third kappa shape index (κ3) is 3.51. The fourth-order valence-corrected chi connectivity index (χ4v) is 1.78. The first-order valence-corrected chi connectivity index (χ1v) is 5.83. The molecule has 0 amide bonds. The molecule has 78 valence electrons. The van der Waals surface area contributed by atoms with Gasteiger partial charge in [0.1, 0.15) is 0 Å². The van der Waals surface area contributed by atoms with Crippen LogP contribution in [0.1, 0.15) is 25.8 Å². The van der Waals surface area contributed by atoms with Crippen LogP contribution in [0.5, 0.6) is 0 Å². The Labute approximate surface area is 96.2 Å². The minimum atomic E-state index is 0.223. The molecule has 1 aromatic carbocycles. The Balaban J connectivity index is 2.56. The van der Waals surface area contributed by atoms with E-state index >= 15 is 0 Å². The second-order valence-corrected chi connectivity index (χ2v) is 4.73. The van der Waals surface area contributed by atoms with Crippen molar-refractivity contribution < 1.29 is 0 Å². The molecule has 0 N–H and O–H groups in total. The van der Waals surface area contributed by atoms with Gasteiger partial charge in [0, 0.05) is 10.4 Å². The Morgan fingerprint density at radius 1 is 1.21 bits per heavy atom. The summed E-state index contributed by atoms with van der Waals surface area (Å²) in [7, 11) is 0. The van der Waals surface area contributed by atoms with E-state index in [0.717, 1.165) is 17.9 Å². The van der Waals surface area contributed by atoms with Gasteiger partial charge in [0.05, 0.1) is 0 Å². The zero-order valence-electron chi connectivity index (χ0n) is 8.63. The lowest BCUT2D eigenvalue weighted by Gasteiger charge is -2.15. The molecule has 0 bridgehead atoms. The van der Waals surface area contributed by atoms with Crippen molar-refractivity contribution >= 4 is 23.2 Å². The standard InChI is InChI=1S/C12H16Cl2/c1-3-9(2)12(14)8-10-4-6-11(13)7-5-10/h4-7,9,12H,3,8H2,1-2H3. The summed E-state index contributed by atoms with van der Waals surface area (Å²) in [6.45, 7) is 4.36. The van der Waals surface area contributed by atoms with Crippen molar-refractivity contribution in [3.05, 3.63) is 34.9 Å². The highest BCUT2D eigenvalue weighted by molar-refractivity contribution is 6.30. The molecule has 0 aromatic heterocycles. The number of alkyl halides is 1. The molecule has 2 atom stereocenters. The van der Waals surface area contributed by atoms with E-state index in [1.807, 2.05) is 24.3 Å². The topological polar surface area (TPSA) is 0 Å². The second kappa shape index (κ2) is 5.63. The lowest BCUT2D eigenvalue weighted by atomic mass is 9.98. The van der Waals surface area contributed by atoms with Crippen LogP contribution in [0.3, 0.4) is 0 Å². The van der Waals surface area contributed by atoms with Crippen molar-refractivity contribution in [3.8, 4) is 0 Å². The normalized spacial score (nSPS) is 15.1. The molecule has 0 spiro atoms. The van der Waals surface area contributed by atoms with Crippen LogP contribution in [-0.4, -0.2) is 5.38 Å². The van der Waals surface area contributed by atoms with Crippen LogP contribution >= 0.6 is 23.2 Å². The zero-order valence-corrected chi connectivity index (χ0v) is 10.1. The molecule has 2 heteroatoms. The molecule has 0 heterocycles. The number of halogens is 2. The zero-order chi connectivity index (χ0) is 10.6. The van der Waals surface area contributed by atoms with Gasteiger partial charge in [-0.15, -0.1) is 11.6 Å². The molecule has 14 heavy (non-hydrogen) atoms. The van der Waals surface area contributed by atoms with Gasteiger partial charge in [-0.1, -0.05) is 44.0 Å². The molecule has 0 saturated heterocycles. The van der Waals surface area contributed by atoms with Crippen molar-refractivity contribution in [2.75, 3.05) is 0 Å². The smallest absolute Gasteiger partial charge is 0.0406 e. The van der Waals surface area contributed by atoms with Gasteiger partial charge in [-0.3, -0.25) is 0 Å². The van der Waals surface area contributed by atoms with E-state index in [-0.39, 0.29) is 5.38 Å². The summed E-state index contributed by atoms with van der Waals surface area (Å²) in [4.78, 5) is 0. The molecule has 1 aromatic rings. The average Bonchev–Trinajstić information content (AvgIpc) is 2.20. The van der Waals surface area contributed by atoms with E-state index in [0.29, 0.717) is 5.92 Å². The Morgan fingerprint density at radius 3 is 2.29 bits per heavy atom. The molecule has 2 unspecified atom stereocenters. The van der Waals surface area contributed by atoms with Gasteiger partial charge < -0.3 is 0 Å². The summed E-state index contributed by atoms with van der Waals surface area (Å²) < 4.78 is 0. The van der Waals surface area contributed by atoms with Crippen LogP contribution in [0, 0.1) is 5.92 Å². The highest BCUT2D eigenvalue weighted by Crippen LogP contribution is 2.20. The third-order valence-corrected chi connectivity index (χ3v) is 3.44. The predicted molar refractivity (Wildman–Crippen MR) is 64.3 cm³/mol. The van der Waals surface area contributed by atoms with Gasteiger partial charge in [-0.05, 0) is 30.0 Å². The Hall–Kier alpha value is -0.200. The highest BCUT2D eigenvalue weighted by atomic mass is 35.5. The Bertz CT molecular complexity index is 266. The maximum atomic E-state index is 6.27. The molecule has 0 saturated carbocycles. The minimum Gasteiger partial charge on any atom is -0.122 e. The fourth-order valence-electron chi connectivity index (χ4n) is 1.30. The van der Waals surface area contributed by atoms with Gasteiger partial charge >= 0.3 is 0 Å². The van der Waals surface area contributed by atoms with Crippen molar-refractivity contribution in [2.45, 2.75) is 32.1 Å². The van der Waals surface area contributed by atoms with Crippen LogP contribution < -0.4 is 0 Å². The number of hydrogen-bond acceptors (Lipinski definition) is 0. The molecule has 1 rings (SSSR count). The van der Waals surface area contributed by atoms with Gasteiger partial charge in [0.25, 0.3) is 0 Å². The van der Waals surface area contributed by atoms with E-state index in [9.17, 15) is 0 Å². The summed E-state index contributed by atoms with van der Waals surface area (Å²) in [6.07, 6.45) is 2.05. The first kappa shape index (κ1) is 11.9. The van der Waals surface area contributed by atoms with Crippen molar-refractivity contribution in [1.82, 2.24) is 0 Å². The van der Waals surface area contributed by atoms with E-state index in [4.69, 9.17) is 23.2 Å². The summed E-state index contributed by atoms with van der Waals surface area (Å²) in [6, 6.07) is 7.91. The summed E-state index contributed by atoms with van der Waals surface area (Å²) in [5, 5.41) is 1.00. The Morgan fingerprint density at radius 2 is 1.79 bits per heavy atom. The van der Waals surface area contributed by atoms with Crippen molar-refractivity contribution in [1.29, 1.82) is 0 Å². The van der Waals surface area contributed by atoms with Crippen LogP contribution in [0.15, 0.2) is 24.3 Å². The van der Waals surface area contributed by atoms with E-state index in [1.165, 1.54) is 5.56 Å². The van der Waals surface area contributed by atoms with E-state index in [2.05, 4.69) is 13.8 Å². The summed E-state index contributed by atoms with van der Waals surface area (Å²) >= 11 is 12.1. The minimum absolute atomic E-state index is 0.223. The molecule has 0 aliphatic rings. The molecular weight excluding hydrogens is 215 g/mol. The first-order valence-electron chi connectivity index (χ1n) is 5.02. The summed E-state index contributed by atoms with van der Waals surface area (Å²) in [5.74, 6) is 0.562. The van der Waals surface area contributed by atoms with Gasteiger partial charge in [0.15, 0.2) is 0 Å². The first-order chi connectivity index (χ1) is 6.63. The SMILES string of the molecule is CCC(C)C(Cl)Cc1ccc(Cl)cc1. The number of rotatable bonds is 4. The lowest BCUT2D eigenvalue weighted by Crippen LogP contribution is -2.13. The van der Waals surface area contributed by atoms with Crippen LogP contribution in [-0.2, 0) is 6.42 Å². The lowest BCUT2D eigenvalue weighted by molar-refractivity contribution is 0.525. The third-order valence-electron chi connectivity index (χ3n) is 2.61. The van der Waals surface area contributed by atoms with Crippen LogP contribution in [0.25, 0.3) is 0 Å². The quantitative estimate of drug-likeness (QED) is 0.667. The Kier molecular flexibility index (Phi) is 4.77. The molecule has 0 radical (unpaired) electrons. The summed E-state index contributed by atoms with van der Waals surface area (Å²) in [5.41, 5.74) is 1.26. The van der Waals surface area contributed by atoms with Crippen molar-refractivity contribution in [2.24, 2.45) is 5.92 Å². The van der Waals surface area contributed by atoms with Crippen LogP contribution in [0.2, 0.25) is 5.02 Å². The average molecular weight is 231 g/mol. The van der Waals surface area contributed by atoms with Crippen molar-refractivity contribution in [3.63, 3.8) is 0 Å². The largest absolute Gasteiger partial charge is 0.122 e. The highest BCUT2D eigenvalue weighted by Gasteiger charge is 2.12. The molecular formula is C12H16Cl2. The van der Waals surface area contributed by atoms with Crippen LogP contribution in [0.4, 0.5) is 0 Å². The van der Waals surface area contributed by atoms with E-state index in [1.54, 1.807) is 0 Å². The fraction of sp³-hybridized carbons (Fsp3) is 0.500. The monoisotopic (exact) mass is 230 g/mol. The number of benzene rings is 1.